The molecule has 2 heterocycles. The summed E-state index contributed by atoms with van der Waals surface area (Å²) in [7, 11) is 2.00. The van der Waals surface area contributed by atoms with E-state index in [1.165, 1.54) is 19.3 Å². The van der Waals surface area contributed by atoms with E-state index >= 15 is 0 Å². The van der Waals surface area contributed by atoms with Crippen molar-refractivity contribution in [1.82, 2.24) is 14.4 Å². The number of fused-ring (bicyclic) bond motifs is 1. The average Bonchev–Trinajstić information content (AvgIpc) is 2.43. The molecule has 0 bridgehead atoms. The van der Waals surface area contributed by atoms with Crippen LogP contribution in [0, 0.1) is 0 Å². The van der Waals surface area contributed by atoms with Gasteiger partial charge in [0.05, 0.1) is 0 Å². The fourth-order valence-corrected chi connectivity index (χ4v) is 2.22. The van der Waals surface area contributed by atoms with E-state index in [9.17, 15) is 0 Å². The van der Waals surface area contributed by atoms with E-state index in [1.54, 1.807) is 6.20 Å². The standard InChI is InChI=1S/C10H13BN4/c11-8-7-9(12)13-4-5-15(7)10(14-8)6-2-1-3-6/h4-6H,1-3,11H2,(H2,12,13). The van der Waals surface area contributed by atoms with Gasteiger partial charge in [-0.05, 0) is 12.8 Å². The maximum atomic E-state index is 5.86. The predicted molar refractivity (Wildman–Crippen MR) is 62.2 cm³/mol. The van der Waals surface area contributed by atoms with Crippen LogP contribution in [-0.4, -0.2) is 22.2 Å². The van der Waals surface area contributed by atoms with Crippen LogP contribution in [0.4, 0.5) is 5.82 Å². The molecule has 0 aromatic carbocycles. The van der Waals surface area contributed by atoms with Gasteiger partial charge in [-0.2, -0.15) is 0 Å². The minimum absolute atomic E-state index is 0.577. The first kappa shape index (κ1) is 8.77. The first-order valence-electron chi connectivity index (χ1n) is 5.36. The van der Waals surface area contributed by atoms with Crippen molar-refractivity contribution in [3.8, 4) is 0 Å². The minimum atomic E-state index is 0.577. The zero-order chi connectivity index (χ0) is 10.4. The molecule has 15 heavy (non-hydrogen) atoms. The molecule has 5 heteroatoms. The summed E-state index contributed by atoms with van der Waals surface area (Å²) in [6.07, 6.45) is 7.52. The van der Waals surface area contributed by atoms with Gasteiger partial charge in [0.15, 0.2) is 7.85 Å². The summed E-state index contributed by atoms with van der Waals surface area (Å²) in [5, 5.41) is 0. The third-order valence-corrected chi connectivity index (χ3v) is 3.25. The molecule has 1 saturated carbocycles. The monoisotopic (exact) mass is 200 g/mol. The van der Waals surface area contributed by atoms with E-state index in [0.717, 1.165) is 16.9 Å². The van der Waals surface area contributed by atoms with Crippen molar-refractivity contribution in [2.75, 3.05) is 5.73 Å². The van der Waals surface area contributed by atoms with Gasteiger partial charge in [0.2, 0.25) is 0 Å². The molecule has 0 saturated heterocycles. The Morgan fingerprint density at radius 1 is 1.47 bits per heavy atom. The Hall–Kier alpha value is -1.52. The number of nitrogen functional groups attached to an aromatic ring is 1. The Bertz CT molecular complexity index is 515. The quantitative estimate of drug-likeness (QED) is 0.650. The molecular formula is C10H13BN4. The second kappa shape index (κ2) is 2.99. The third kappa shape index (κ3) is 1.15. The first-order chi connectivity index (χ1) is 7.27. The van der Waals surface area contributed by atoms with Gasteiger partial charge in [-0.15, -0.1) is 0 Å². The maximum absolute atomic E-state index is 5.86. The highest BCUT2D eigenvalue weighted by Crippen LogP contribution is 2.35. The highest BCUT2D eigenvalue weighted by Gasteiger charge is 2.25. The molecular weight excluding hydrogens is 187 g/mol. The lowest BCUT2D eigenvalue weighted by atomic mass is 9.85. The molecule has 1 fully saturated rings. The molecule has 0 atom stereocenters. The normalized spacial score (nSPS) is 16.8. The lowest BCUT2D eigenvalue weighted by Gasteiger charge is -2.23. The van der Waals surface area contributed by atoms with Crippen molar-refractivity contribution < 1.29 is 0 Å². The molecule has 0 radical (unpaired) electrons. The number of nitrogens with zero attached hydrogens (tertiary/aromatic N) is 3. The smallest absolute Gasteiger partial charge is 0.167 e. The summed E-state index contributed by atoms with van der Waals surface area (Å²) in [5.41, 5.74) is 7.82. The number of nitrogens with two attached hydrogens (primary N) is 1. The summed E-state index contributed by atoms with van der Waals surface area (Å²) >= 11 is 0. The Balaban J connectivity index is 2.27. The van der Waals surface area contributed by atoms with Gasteiger partial charge in [0.25, 0.3) is 0 Å². The molecule has 2 aromatic rings. The second-order valence-electron chi connectivity index (χ2n) is 4.21. The van der Waals surface area contributed by atoms with E-state index in [4.69, 9.17) is 5.73 Å². The molecule has 76 valence electrons. The van der Waals surface area contributed by atoms with Gasteiger partial charge in [-0.25, -0.2) is 9.97 Å². The van der Waals surface area contributed by atoms with E-state index in [1.807, 2.05) is 14.0 Å². The molecule has 4 nitrogen and oxygen atoms in total. The summed E-state index contributed by atoms with van der Waals surface area (Å²) in [4.78, 5) is 8.72. The zero-order valence-electron chi connectivity index (χ0n) is 8.77. The van der Waals surface area contributed by atoms with Gasteiger partial charge in [-0.3, -0.25) is 4.40 Å². The molecule has 0 unspecified atom stereocenters. The Kier molecular flexibility index (Phi) is 1.74. The molecule has 0 amide bonds. The lowest BCUT2D eigenvalue weighted by molar-refractivity contribution is 0.400. The fourth-order valence-electron chi connectivity index (χ4n) is 2.22. The predicted octanol–water partition coefficient (Wildman–Crippen LogP) is -0.163. The van der Waals surface area contributed by atoms with Crippen LogP contribution in [0.2, 0.25) is 0 Å². The van der Waals surface area contributed by atoms with Crippen LogP contribution in [0.1, 0.15) is 31.0 Å². The highest BCUT2D eigenvalue weighted by molar-refractivity contribution is 6.36. The summed E-state index contributed by atoms with van der Waals surface area (Å²) < 4.78 is 2.10. The van der Waals surface area contributed by atoms with Crippen LogP contribution < -0.4 is 11.3 Å². The Morgan fingerprint density at radius 3 is 2.93 bits per heavy atom. The van der Waals surface area contributed by atoms with Crippen LogP contribution in [0.25, 0.3) is 5.52 Å². The largest absolute Gasteiger partial charge is 0.382 e. The maximum Gasteiger partial charge on any atom is 0.167 e. The van der Waals surface area contributed by atoms with Gasteiger partial charge in [0, 0.05) is 23.9 Å². The topological polar surface area (TPSA) is 56.2 Å². The number of imidazole rings is 1. The number of anilines is 1. The van der Waals surface area contributed by atoms with Crippen molar-refractivity contribution >= 4 is 24.8 Å². The molecule has 1 aliphatic carbocycles. The van der Waals surface area contributed by atoms with Gasteiger partial charge >= 0.3 is 0 Å². The second-order valence-corrected chi connectivity index (χ2v) is 4.21. The number of hydrogen-bond donors (Lipinski definition) is 1. The number of aromatic nitrogens is 3. The van der Waals surface area contributed by atoms with Crippen LogP contribution in [0.3, 0.4) is 0 Å². The van der Waals surface area contributed by atoms with E-state index in [2.05, 4.69) is 14.4 Å². The van der Waals surface area contributed by atoms with Crippen LogP contribution in [0.5, 0.6) is 0 Å². The molecule has 1 aliphatic rings. The van der Waals surface area contributed by atoms with Crippen molar-refractivity contribution in [1.29, 1.82) is 0 Å². The van der Waals surface area contributed by atoms with Crippen molar-refractivity contribution in [3.05, 3.63) is 18.2 Å². The summed E-state index contributed by atoms with van der Waals surface area (Å²) in [5.74, 6) is 2.35. The van der Waals surface area contributed by atoms with Crippen LogP contribution in [0.15, 0.2) is 12.4 Å². The van der Waals surface area contributed by atoms with Crippen LogP contribution >= 0.6 is 0 Å². The molecule has 3 rings (SSSR count). The van der Waals surface area contributed by atoms with E-state index in [-0.39, 0.29) is 0 Å². The van der Waals surface area contributed by atoms with E-state index < -0.39 is 0 Å². The Morgan fingerprint density at radius 2 is 2.27 bits per heavy atom. The average molecular weight is 200 g/mol. The molecule has 0 aliphatic heterocycles. The van der Waals surface area contributed by atoms with Gasteiger partial charge < -0.3 is 5.73 Å². The minimum Gasteiger partial charge on any atom is -0.382 e. The molecule has 2 N–H and O–H groups in total. The Labute approximate surface area is 88.9 Å². The molecule has 0 spiro atoms. The first-order valence-corrected chi connectivity index (χ1v) is 5.36. The van der Waals surface area contributed by atoms with Crippen molar-refractivity contribution in [2.24, 2.45) is 0 Å². The molecule has 2 aromatic heterocycles. The number of rotatable bonds is 1. The van der Waals surface area contributed by atoms with Gasteiger partial charge in [0.1, 0.15) is 17.2 Å². The van der Waals surface area contributed by atoms with Crippen molar-refractivity contribution in [2.45, 2.75) is 25.2 Å². The fraction of sp³-hybridized carbons (Fsp3) is 0.400. The SMILES string of the molecule is Bc1nc(C2CCC2)n2ccnc(N)c12. The highest BCUT2D eigenvalue weighted by atomic mass is 15.1. The third-order valence-electron chi connectivity index (χ3n) is 3.25. The van der Waals surface area contributed by atoms with Gasteiger partial charge in [-0.1, -0.05) is 6.42 Å². The lowest BCUT2D eigenvalue weighted by Crippen LogP contribution is -2.13. The van der Waals surface area contributed by atoms with E-state index in [0.29, 0.717) is 11.7 Å². The van der Waals surface area contributed by atoms with Crippen molar-refractivity contribution in [3.63, 3.8) is 0 Å². The number of hydrogen-bond acceptors (Lipinski definition) is 3. The zero-order valence-corrected chi connectivity index (χ0v) is 8.77. The summed E-state index contributed by atoms with van der Waals surface area (Å²) in [6, 6.07) is 0. The van der Waals surface area contributed by atoms with Crippen LogP contribution in [-0.2, 0) is 0 Å². The summed E-state index contributed by atoms with van der Waals surface area (Å²) in [6.45, 7) is 0.